The molecule has 0 bridgehead atoms. The fraction of sp³-hybridized carbons (Fsp3) is 0.211. The smallest absolute Gasteiger partial charge is 0.192 e. The van der Waals surface area contributed by atoms with E-state index >= 15 is 0 Å². The molecule has 6 nitrogen and oxygen atoms in total. The molecule has 8 heteroatoms. The van der Waals surface area contributed by atoms with Gasteiger partial charge in [0.25, 0.3) is 0 Å². The minimum atomic E-state index is 0.255. The van der Waals surface area contributed by atoms with Crippen LogP contribution in [0.2, 0.25) is 5.02 Å². The Morgan fingerprint density at radius 1 is 1.26 bits per heavy atom. The summed E-state index contributed by atoms with van der Waals surface area (Å²) in [7, 11) is 0. The Bertz CT molecular complexity index is 962. The largest absolute Gasteiger partial charge is 0.467 e. The highest BCUT2D eigenvalue weighted by molar-refractivity contribution is 7.98. The molecule has 0 N–H and O–H groups in total. The highest BCUT2D eigenvalue weighted by atomic mass is 35.5. The average Bonchev–Trinajstić information content (AvgIpc) is 3.09. The highest BCUT2D eigenvalue weighted by Crippen LogP contribution is 2.35. The number of thioether (sulfide) groups is 1. The third-order valence-electron chi connectivity index (χ3n) is 4.08. The van der Waals surface area contributed by atoms with Gasteiger partial charge in [0.1, 0.15) is 5.75 Å². The summed E-state index contributed by atoms with van der Waals surface area (Å²) >= 11 is 7.84. The fourth-order valence-electron chi connectivity index (χ4n) is 2.91. The lowest BCUT2D eigenvalue weighted by atomic mass is 10.1. The van der Waals surface area contributed by atoms with Gasteiger partial charge in [0.2, 0.25) is 0 Å². The number of nitrogens with zero attached hydrogens (tertiary/aromatic N) is 4. The van der Waals surface area contributed by atoms with Crippen LogP contribution < -0.4 is 4.74 Å². The molecular formula is C19H17ClN4O2S. The Morgan fingerprint density at radius 2 is 2.11 bits per heavy atom. The lowest BCUT2D eigenvalue weighted by molar-refractivity contribution is -0.0168. The average molecular weight is 401 g/mol. The van der Waals surface area contributed by atoms with Crippen LogP contribution in [0.15, 0.2) is 54.5 Å². The molecule has 3 aromatic rings. The number of hydrogen-bond donors (Lipinski definition) is 0. The first-order valence-electron chi connectivity index (χ1n) is 8.35. The molecule has 138 valence electrons. The fourth-order valence-corrected chi connectivity index (χ4v) is 4.09. The van der Waals surface area contributed by atoms with Gasteiger partial charge in [-0.25, -0.2) is 0 Å². The summed E-state index contributed by atoms with van der Waals surface area (Å²) in [6.07, 6.45) is 5.32. The Labute approximate surface area is 166 Å². The van der Waals surface area contributed by atoms with Gasteiger partial charge in [0, 0.05) is 46.4 Å². The number of rotatable bonds is 6. The molecule has 1 aliphatic heterocycles. The molecule has 0 amide bonds. The number of hydrogen-bond acceptors (Lipinski definition) is 6. The minimum absolute atomic E-state index is 0.255. The molecule has 0 unspecified atom stereocenters. The van der Waals surface area contributed by atoms with Crippen LogP contribution in [-0.2, 0) is 23.6 Å². The summed E-state index contributed by atoms with van der Waals surface area (Å²) in [4.78, 5) is 4.06. The molecule has 27 heavy (non-hydrogen) atoms. The normalized spacial score (nSPS) is 13.1. The first-order valence-corrected chi connectivity index (χ1v) is 9.71. The second-order valence-electron chi connectivity index (χ2n) is 5.89. The standard InChI is InChI=1S/C19H17ClN4O2S/c1-2-7-24-18(13-3-5-21-6-4-13)22-23-19(24)27-11-15-9-16(20)8-14-10-25-12-26-17(14)15/h2-6,8-9H,1,7,10-12H2. The van der Waals surface area contributed by atoms with Crippen molar-refractivity contribution >= 4 is 23.4 Å². The Balaban J connectivity index is 1.62. The van der Waals surface area contributed by atoms with Gasteiger partial charge in [0.15, 0.2) is 17.8 Å². The minimum Gasteiger partial charge on any atom is -0.467 e. The third-order valence-corrected chi connectivity index (χ3v) is 5.31. The molecule has 0 spiro atoms. The van der Waals surface area contributed by atoms with E-state index in [2.05, 4.69) is 21.8 Å². The van der Waals surface area contributed by atoms with Gasteiger partial charge in [-0.1, -0.05) is 29.4 Å². The number of halogens is 1. The predicted molar refractivity (Wildman–Crippen MR) is 105 cm³/mol. The predicted octanol–water partition coefficient (Wildman–Crippen LogP) is 4.34. The summed E-state index contributed by atoms with van der Waals surface area (Å²) in [5.41, 5.74) is 2.95. The van der Waals surface area contributed by atoms with E-state index in [0.717, 1.165) is 33.4 Å². The zero-order valence-corrected chi connectivity index (χ0v) is 16.0. The van der Waals surface area contributed by atoms with Crippen LogP contribution in [0.3, 0.4) is 0 Å². The van der Waals surface area contributed by atoms with E-state index in [4.69, 9.17) is 21.1 Å². The quantitative estimate of drug-likeness (QED) is 0.453. The number of fused-ring (bicyclic) bond motifs is 1. The number of allylic oxidation sites excluding steroid dienone is 1. The van der Waals surface area contributed by atoms with Crippen LogP contribution in [0.1, 0.15) is 11.1 Å². The maximum atomic E-state index is 6.26. The van der Waals surface area contributed by atoms with E-state index in [-0.39, 0.29) is 6.79 Å². The van der Waals surface area contributed by atoms with Crippen LogP contribution in [0.5, 0.6) is 5.75 Å². The molecule has 1 aromatic carbocycles. The summed E-state index contributed by atoms with van der Waals surface area (Å²) < 4.78 is 13.1. The molecule has 0 saturated carbocycles. The van der Waals surface area contributed by atoms with Crippen molar-refractivity contribution in [2.24, 2.45) is 0 Å². The van der Waals surface area contributed by atoms with Crippen molar-refractivity contribution in [1.29, 1.82) is 0 Å². The zero-order chi connectivity index (χ0) is 18.6. The van der Waals surface area contributed by atoms with Gasteiger partial charge in [-0.15, -0.1) is 16.8 Å². The summed E-state index contributed by atoms with van der Waals surface area (Å²) in [6, 6.07) is 7.64. The molecule has 2 aromatic heterocycles. The molecule has 0 aliphatic carbocycles. The maximum Gasteiger partial charge on any atom is 0.192 e. The molecule has 3 heterocycles. The van der Waals surface area contributed by atoms with Crippen LogP contribution in [0.4, 0.5) is 0 Å². The van der Waals surface area contributed by atoms with E-state index in [9.17, 15) is 0 Å². The van der Waals surface area contributed by atoms with Crippen LogP contribution >= 0.6 is 23.4 Å². The molecule has 0 fully saturated rings. The van der Waals surface area contributed by atoms with Gasteiger partial charge in [-0.3, -0.25) is 9.55 Å². The van der Waals surface area contributed by atoms with Crippen molar-refractivity contribution < 1.29 is 9.47 Å². The molecule has 0 atom stereocenters. The maximum absolute atomic E-state index is 6.26. The van der Waals surface area contributed by atoms with E-state index in [1.807, 2.05) is 34.9 Å². The first kappa shape index (κ1) is 18.0. The van der Waals surface area contributed by atoms with Gasteiger partial charge < -0.3 is 9.47 Å². The summed E-state index contributed by atoms with van der Waals surface area (Å²) in [6.45, 7) is 5.23. The van der Waals surface area contributed by atoms with E-state index in [1.54, 1.807) is 24.2 Å². The SMILES string of the molecule is C=CCn1c(SCc2cc(Cl)cc3c2OCOC3)nnc1-c1ccncc1. The second kappa shape index (κ2) is 8.12. The van der Waals surface area contributed by atoms with Crippen molar-refractivity contribution in [2.75, 3.05) is 6.79 Å². The monoisotopic (exact) mass is 400 g/mol. The third kappa shape index (κ3) is 3.85. The van der Waals surface area contributed by atoms with Crippen molar-refractivity contribution in [1.82, 2.24) is 19.7 Å². The van der Waals surface area contributed by atoms with Gasteiger partial charge in [-0.2, -0.15) is 0 Å². The first-order chi connectivity index (χ1) is 13.3. The highest BCUT2D eigenvalue weighted by Gasteiger charge is 2.19. The zero-order valence-electron chi connectivity index (χ0n) is 14.5. The van der Waals surface area contributed by atoms with Crippen LogP contribution in [0.25, 0.3) is 11.4 Å². The Kier molecular flexibility index (Phi) is 5.42. The molecule has 1 aliphatic rings. The lowest BCUT2D eigenvalue weighted by Gasteiger charge is -2.21. The van der Waals surface area contributed by atoms with E-state index < -0.39 is 0 Å². The number of aromatic nitrogens is 4. The van der Waals surface area contributed by atoms with Crippen molar-refractivity contribution in [3.63, 3.8) is 0 Å². The second-order valence-corrected chi connectivity index (χ2v) is 7.27. The van der Waals surface area contributed by atoms with Crippen molar-refractivity contribution in [3.8, 4) is 17.1 Å². The topological polar surface area (TPSA) is 62.1 Å². The van der Waals surface area contributed by atoms with Crippen molar-refractivity contribution in [3.05, 3.63) is 65.5 Å². The Morgan fingerprint density at radius 3 is 2.93 bits per heavy atom. The van der Waals surface area contributed by atoms with Gasteiger partial charge in [0.05, 0.1) is 6.61 Å². The van der Waals surface area contributed by atoms with Crippen LogP contribution in [0, 0.1) is 0 Å². The number of benzene rings is 1. The van der Waals surface area contributed by atoms with Gasteiger partial charge in [-0.05, 0) is 24.3 Å². The summed E-state index contributed by atoms with van der Waals surface area (Å²) in [5.74, 6) is 2.30. The Hall–Kier alpha value is -2.35. The van der Waals surface area contributed by atoms with Crippen molar-refractivity contribution in [2.45, 2.75) is 24.1 Å². The van der Waals surface area contributed by atoms with E-state index in [0.29, 0.717) is 23.9 Å². The van der Waals surface area contributed by atoms with Gasteiger partial charge >= 0.3 is 0 Å². The molecule has 0 radical (unpaired) electrons. The number of ether oxygens (including phenoxy) is 2. The number of pyridine rings is 1. The summed E-state index contributed by atoms with van der Waals surface area (Å²) in [5, 5.41) is 10.2. The molecular weight excluding hydrogens is 384 g/mol. The van der Waals surface area contributed by atoms with Crippen LogP contribution in [-0.4, -0.2) is 26.5 Å². The lowest BCUT2D eigenvalue weighted by Crippen LogP contribution is -2.13. The molecule has 4 rings (SSSR count). The van der Waals surface area contributed by atoms with E-state index in [1.165, 1.54) is 0 Å². The molecule has 0 saturated heterocycles.